The first-order chi connectivity index (χ1) is 13.7. The van der Waals surface area contributed by atoms with E-state index in [0.29, 0.717) is 17.7 Å². The standard InChI is InChI=1S/C23H25N3O2/c24-15-19-8-2-4-10-22(19)28-20-16-25(17-20)14-12-18-7-1-3-9-21(18)26-13-6-5-11-23(26)27/h1-4,7-10,20H,5-6,11-14,16-17H2. The lowest BCUT2D eigenvalue weighted by atomic mass is 10.0. The topological polar surface area (TPSA) is 56.6 Å². The van der Waals surface area contributed by atoms with Crippen LogP contribution in [0.3, 0.4) is 0 Å². The zero-order chi connectivity index (χ0) is 19.3. The normalized spacial score (nSPS) is 17.8. The largest absolute Gasteiger partial charge is 0.486 e. The zero-order valence-electron chi connectivity index (χ0n) is 16.0. The van der Waals surface area contributed by atoms with E-state index in [0.717, 1.165) is 51.1 Å². The second kappa shape index (κ2) is 8.45. The highest BCUT2D eigenvalue weighted by Gasteiger charge is 2.29. The second-order valence-electron chi connectivity index (χ2n) is 7.49. The van der Waals surface area contributed by atoms with Crippen molar-refractivity contribution in [3.8, 4) is 11.8 Å². The number of para-hydroxylation sites is 2. The molecule has 2 aromatic rings. The molecule has 2 fully saturated rings. The van der Waals surface area contributed by atoms with Crippen molar-refractivity contribution in [2.24, 2.45) is 0 Å². The molecule has 0 spiro atoms. The third-order valence-corrected chi connectivity index (χ3v) is 5.53. The molecule has 4 rings (SSSR count). The van der Waals surface area contributed by atoms with E-state index >= 15 is 0 Å². The number of nitriles is 1. The van der Waals surface area contributed by atoms with Crippen molar-refractivity contribution in [1.29, 1.82) is 5.26 Å². The van der Waals surface area contributed by atoms with Gasteiger partial charge in [-0.25, -0.2) is 0 Å². The third kappa shape index (κ3) is 4.02. The molecule has 0 aromatic heterocycles. The van der Waals surface area contributed by atoms with Gasteiger partial charge in [0.2, 0.25) is 5.91 Å². The zero-order valence-corrected chi connectivity index (χ0v) is 16.0. The second-order valence-corrected chi connectivity index (χ2v) is 7.49. The monoisotopic (exact) mass is 375 g/mol. The Labute approximate surface area is 166 Å². The molecule has 2 saturated heterocycles. The van der Waals surface area contributed by atoms with Crippen LogP contribution in [-0.4, -0.2) is 43.1 Å². The Kier molecular flexibility index (Phi) is 5.59. The molecule has 144 valence electrons. The number of carbonyl (C=O) groups is 1. The first-order valence-corrected chi connectivity index (χ1v) is 10.0. The van der Waals surface area contributed by atoms with Crippen molar-refractivity contribution in [3.05, 3.63) is 59.7 Å². The predicted octanol–water partition coefficient (Wildman–Crippen LogP) is 3.38. The molecule has 2 heterocycles. The van der Waals surface area contributed by atoms with E-state index < -0.39 is 0 Å². The number of hydrogen-bond acceptors (Lipinski definition) is 4. The van der Waals surface area contributed by atoms with Crippen molar-refractivity contribution in [3.63, 3.8) is 0 Å². The molecule has 0 saturated carbocycles. The molecule has 5 nitrogen and oxygen atoms in total. The first kappa shape index (κ1) is 18.5. The van der Waals surface area contributed by atoms with E-state index in [1.165, 1.54) is 5.56 Å². The van der Waals surface area contributed by atoms with Crippen LogP contribution in [0.4, 0.5) is 5.69 Å². The molecule has 2 aliphatic rings. The molecule has 5 heteroatoms. The van der Waals surface area contributed by atoms with Gasteiger partial charge in [-0.3, -0.25) is 9.69 Å². The minimum Gasteiger partial charge on any atom is -0.486 e. The summed E-state index contributed by atoms with van der Waals surface area (Å²) in [5.74, 6) is 0.913. The summed E-state index contributed by atoms with van der Waals surface area (Å²) in [4.78, 5) is 16.6. The Morgan fingerprint density at radius 1 is 1.07 bits per heavy atom. The first-order valence-electron chi connectivity index (χ1n) is 10.0. The maximum atomic E-state index is 12.3. The lowest BCUT2D eigenvalue weighted by Crippen LogP contribution is -2.54. The summed E-state index contributed by atoms with van der Waals surface area (Å²) >= 11 is 0. The smallest absolute Gasteiger partial charge is 0.226 e. The number of amides is 1. The van der Waals surface area contributed by atoms with E-state index in [-0.39, 0.29) is 12.0 Å². The number of benzene rings is 2. The van der Waals surface area contributed by atoms with Crippen LogP contribution in [0.25, 0.3) is 0 Å². The van der Waals surface area contributed by atoms with Gasteiger partial charge < -0.3 is 9.64 Å². The molecule has 1 amide bonds. The Balaban J connectivity index is 1.31. The quantitative estimate of drug-likeness (QED) is 0.777. The summed E-state index contributed by atoms with van der Waals surface area (Å²) in [6.45, 7) is 3.50. The van der Waals surface area contributed by atoms with Crippen molar-refractivity contribution in [2.75, 3.05) is 31.1 Å². The van der Waals surface area contributed by atoms with Crippen LogP contribution in [-0.2, 0) is 11.2 Å². The fourth-order valence-electron chi connectivity index (χ4n) is 3.95. The Hall–Kier alpha value is -2.84. The van der Waals surface area contributed by atoms with Gasteiger partial charge in [0.25, 0.3) is 0 Å². The summed E-state index contributed by atoms with van der Waals surface area (Å²) in [6.07, 6.45) is 3.79. The highest BCUT2D eigenvalue weighted by atomic mass is 16.5. The number of rotatable bonds is 6. The average molecular weight is 375 g/mol. The number of ether oxygens (including phenoxy) is 1. The van der Waals surface area contributed by atoms with Crippen LogP contribution in [0.2, 0.25) is 0 Å². The minimum absolute atomic E-state index is 0.133. The molecule has 0 atom stereocenters. The number of hydrogen-bond donors (Lipinski definition) is 0. The number of piperidine rings is 1. The van der Waals surface area contributed by atoms with Gasteiger partial charge in [0.1, 0.15) is 17.9 Å². The van der Waals surface area contributed by atoms with Crippen molar-refractivity contribution >= 4 is 11.6 Å². The summed E-state index contributed by atoms with van der Waals surface area (Å²) in [5.41, 5.74) is 2.89. The van der Waals surface area contributed by atoms with E-state index in [2.05, 4.69) is 23.1 Å². The molecule has 2 aromatic carbocycles. The van der Waals surface area contributed by atoms with Crippen LogP contribution in [0.5, 0.6) is 5.75 Å². The summed E-state index contributed by atoms with van der Waals surface area (Å²) in [6, 6.07) is 17.8. The molecular formula is C23H25N3O2. The van der Waals surface area contributed by atoms with Gasteiger partial charge in [0, 0.05) is 38.3 Å². The number of likely N-dealkylation sites (tertiary alicyclic amines) is 1. The van der Waals surface area contributed by atoms with Gasteiger partial charge in [-0.15, -0.1) is 0 Å². The molecule has 0 bridgehead atoms. The van der Waals surface area contributed by atoms with E-state index in [4.69, 9.17) is 10.00 Å². The maximum absolute atomic E-state index is 12.3. The molecular weight excluding hydrogens is 350 g/mol. The molecule has 2 aliphatic heterocycles. The van der Waals surface area contributed by atoms with Gasteiger partial charge in [-0.1, -0.05) is 30.3 Å². The van der Waals surface area contributed by atoms with Crippen molar-refractivity contribution in [2.45, 2.75) is 31.8 Å². The third-order valence-electron chi connectivity index (χ3n) is 5.53. The lowest BCUT2D eigenvalue weighted by molar-refractivity contribution is -0.119. The average Bonchev–Trinajstić information content (AvgIpc) is 2.70. The van der Waals surface area contributed by atoms with E-state index in [9.17, 15) is 4.79 Å². The number of anilines is 1. The van der Waals surface area contributed by atoms with Gasteiger partial charge >= 0.3 is 0 Å². The van der Waals surface area contributed by atoms with Crippen LogP contribution in [0, 0.1) is 11.3 Å². The fraction of sp³-hybridized carbons (Fsp3) is 0.391. The molecule has 0 N–H and O–H groups in total. The summed E-state index contributed by atoms with van der Waals surface area (Å²) in [5, 5.41) is 9.17. The minimum atomic E-state index is 0.133. The fourth-order valence-corrected chi connectivity index (χ4v) is 3.95. The molecule has 0 aliphatic carbocycles. The van der Waals surface area contributed by atoms with Crippen LogP contribution < -0.4 is 9.64 Å². The number of nitrogens with zero attached hydrogens (tertiary/aromatic N) is 3. The summed E-state index contributed by atoms with van der Waals surface area (Å²) < 4.78 is 5.97. The van der Waals surface area contributed by atoms with Gasteiger partial charge in [0.15, 0.2) is 0 Å². The number of carbonyl (C=O) groups excluding carboxylic acids is 1. The van der Waals surface area contributed by atoms with Gasteiger partial charge in [0.05, 0.1) is 5.56 Å². The predicted molar refractivity (Wildman–Crippen MR) is 108 cm³/mol. The van der Waals surface area contributed by atoms with E-state index in [1.54, 1.807) is 6.07 Å². The van der Waals surface area contributed by atoms with Crippen molar-refractivity contribution in [1.82, 2.24) is 4.90 Å². The maximum Gasteiger partial charge on any atom is 0.226 e. The lowest BCUT2D eigenvalue weighted by Gasteiger charge is -2.39. The highest BCUT2D eigenvalue weighted by Crippen LogP contribution is 2.26. The Morgan fingerprint density at radius 2 is 1.86 bits per heavy atom. The van der Waals surface area contributed by atoms with Gasteiger partial charge in [-0.05, 0) is 43.0 Å². The summed E-state index contributed by atoms with van der Waals surface area (Å²) in [7, 11) is 0. The molecule has 28 heavy (non-hydrogen) atoms. The van der Waals surface area contributed by atoms with Gasteiger partial charge in [-0.2, -0.15) is 5.26 Å². The highest BCUT2D eigenvalue weighted by molar-refractivity contribution is 5.94. The van der Waals surface area contributed by atoms with Crippen LogP contribution >= 0.6 is 0 Å². The SMILES string of the molecule is N#Cc1ccccc1OC1CN(CCc2ccccc2N2CCCCC2=O)C1. The Bertz CT molecular complexity index is 883. The van der Waals surface area contributed by atoms with Crippen LogP contribution in [0.1, 0.15) is 30.4 Å². The molecule has 0 unspecified atom stereocenters. The van der Waals surface area contributed by atoms with E-state index in [1.807, 2.05) is 35.2 Å². The van der Waals surface area contributed by atoms with Crippen LogP contribution in [0.15, 0.2) is 48.5 Å². The molecule has 0 radical (unpaired) electrons. The Morgan fingerprint density at radius 3 is 2.68 bits per heavy atom. The van der Waals surface area contributed by atoms with Crippen molar-refractivity contribution < 1.29 is 9.53 Å².